The first-order valence-corrected chi connectivity index (χ1v) is 6.50. The molecule has 0 spiro atoms. The fourth-order valence-corrected chi connectivity index (χ4v) is 2.19. The van der Waals surface area contributed by atoms with Crippen LogP contribution in [0.15, 0.2) is 35.5 Å². The van der Waals surface area contributed by atoms with Crippen LogP contribution in [0.3, 0.4) is 0 Å². The van der Waals surface area contributed by atoms with E-state index in [9.17, 15) is 0 Å². The van der Waals surface area contributed by atoms with Crippen LogP contribution in [0.1, 0.15) is 15.4 Å². The molecule has 5 heteroatoms. The molecule has 0 amide bonds. The molecule has 94 valence electrons. The lowest BCUT2D eigenvalue weighted by Gasteiger charge is -2.05. The quantitative estimate of drug-likeness (QED) is 0.659. The SMILES string of the molecule is Cc1ccc(NC(N)=NCc2cnc(C)s2)cc1. The van der Waals surface area contributed by atoms with Crippen molar-refractivity contribution < 1.29 is 0 Å². The molecule has 2 rings (SSSR count). The number of thiazole rings is 1. The van der Waals surface area contributed by atoms with Crippen molar-refractivity contribution in [1.82, 2.24) is 4.98 Å². The van der Waals surface area contributed by atoms with Crippen LogP contribution >= 0.6 is 11.3 Å². The van der Waals surface area contributed by atoms with Crippen molar-refractivity contribution >= 4 is 23.0 Å². The molecule has 1 aromatic carbocycles. The maximum Gasteiger partial charge on any atom is 0.193 e. The summed E-state index contributed by atoms with van der Waals surface area (Å²) in [6.45, 7) is 4.59. The maximum absolute atomic E-state index is 5.82. The molecule has 1 heterocycles. The van der Waals surface area contributed by atoms with Crippen molar-refractivity contribution in [2.75, 3.05) is 5.32 Å². The van der Waals surface area contributed by atoms with Gasteiger partial charge in [-0.2, -0.15) is 0 Å². The molecule has 2 aromatic rings. The van der Waals surface area contributed by atoms with E-state index in [1.54, 1.807) is 11.3 Å². The Morgan fingerprint density at radius 1 is 1.33 bits per heavy atom. The first kappa shape index (κ1) is 12.6. The van der Waals surface area contributed by atoms with Crippen LogP contribution in [-0.4, -0.2) is 10.9 Å². The lowest BCUT2D eigenvalue weighted by atomic mass is 10.2. The van der Waals surface area contributed by atoms with Gasteiger partial charge in [-0.1, -0.05) is 17.7 Å². The number of hydrogen-bond donors (Lipinski definition) is 2. The zero-order valence-electron chi connectivity index (χ0n) is 10.5. The Kier molecular flexibility index (Phi) is 3.94. The van der Waals surface area contributed by atoms with Gasteiger partial charge >= 0.3 is 0 Å². The Labute approximate surface area is 111 Å². The normalized spacial score (nSPS) is 11.6. The third kappa shape index (κ3) is 3.56. The summed E-state index contributed by atoms with van der Waals surface area (Å²) in [6.07, 6.45) is 1.84. The van der Waals surface area contributed by atoms with Crippen LogP contribution in [0.25, 0.3) is 0 Å². The minimum atomic E-state index is 0.421. The van der Waals surface area contributed by atoms with Gasteiger partial charge < -0.3 is 11.1 Å². The average molecular weight is 260 g/mol. The van der Waals surface area contributed by atoms with Gasteiger partial charge in [0, 0.05) is 16.8 Å². The smallest absolute Gasteiger partial charge is 0.193 e. The molecule has 0 saturated carbocycles. The standard InChI is InChI=1S/C13H16N4S/c1-9-3-5-11(6-4-9)17-13(14)16-8-12-7-15-10(2)18-12/h3-7H,8H2,1-2H3,(H3,14,16,17). The summed E-state index contributed by atoms with van der Waals surface area (Å²) in [6, 6.07) is 8.02. The number of hydrogen-bond acceptors (Lipinski definition) is 3. The highest BCUT2D eigenvalue weighted by Crippen LogP contribution is 2.12. The number of guanidine groups is 1. The van der Waals surface area contributed by atoms with E-state index in [2.05, 4.69) is 15.3 Å². The zero-order chi connectivity index (χ0) is 13.0. The van der Waals surface area contributed by atoms with E-state index < -0.39 is 0 Å². The summed E-state index contributed by atoms with van der Waals surface area (Å²) >= 11 is 1.64. The number of nitrogens with zero attached hydrogens (tertiary/aromatic N) is 2. The fraction of sp³-hybridized carbons (Fsp3) is 0.231. The van der Waals surface area contributed by atoms with E-state index in [1.165, 1.54) is 5.56 Å². The van der Waals surface area contributed by atoms with Gasteiger partial charge in [-0.3, -0.25) is 0 Å². The van der Waals surface area contributed by atoms with E-state index in [0.717, 1.165) is 15.6 Å². The van der Waals surface area contributed by atoms with Crippen LogP contribution in [0, 0.1) is 13.8 Å². The molecule has 0 atom stereocenters. The Balaban J connectivity index is 1.95. The summed E-state index contributed by atoms with van der Waals surface area (Å²) < 4.78 is 0. The molecule has 1 aromatic heterocycles. The Morgan fingerprint density at radius 2 is 2.06 bits per heavy atom. The van der Waals surface area contributed by atoms with Gasteiger partial charge in [0.25, 0.3) is 0 Å². The molecule has 0 aliphatic rings. The molecule has 18 heavy (non-hydrogen) atoms. The Bertz CT molecular complexity index is 542. The highest BCUT2D eigenvalue weighted by atomic mass is 32.1. The molecular weight excluding hydrogens is 244 g/mol. The topological polar surface area (TPSA) is 63.3 Å². The second-order valence-corrected chi connectivity index (χ2v) is 5.36. The number of anilines is 1. The van der Waals surface area contributed by atoms with Gasteiger partial charge in [0.2, 0.25) is 0 Å². The molecule has 0 aliphatic heterocycles. The van der Waals surface area contributed by atoms with Crippen LogP contribution in [0.5, 0.6) is 0 Å². The fourth-order valence-electron chi connectivity index (χ4n) is 1.47. The second kappa shape index (κ2) is 5.64. The number of rotatable bonds is 3. The molecule has 0 radical (unpaired) electrons. The summed E-state index contributed by atoms with van der Waals surface area (Å²) in [4.78, 5) is 9.57. The first-order chi connectivity index (χ1) is 8.63. The predicted octanol–water partition coefficient (Wildman–Crippen LogP) is 2.69. The highest BCUT2D eigenvalue weighted by Gasteiger charge is 1.98. The van der Waals surface area contributed by atoms with Crippen molar-refractivity contribution in [3.8, 4) is 0 Å². The lowest BCUT2D eigenvalue weighted by molar-refractivity contribution is 1.08. The molecule has 0 fully saturated rings. The van der Waals surface area contributed by atoms with Crippen molar-refractivity contribution in [2.45, 2.75) is 20.4 Å². The molecule has 0 unspecified atom stereocenters. The van der Waals surface area contributed by atoms with E-state index in [-0.39, 0.29) is 0 Å². The number of aliphatic imine (C=N–C) groups is 1. The average Bonchev–Trinajstić information content (AvgIpc) is 2.76. The number of benzene rings is 1. The van der Waals surface area contributed by atoms with E-state index in [0.29, 0.717) is 12.5 Å². The number of aryl methyl sites for hydroxylation is 2. The summed E-state index contributed by atoms with van der Waals surface area (Å²) in [7, 11) is 0. The van der Waals surface area contributed by atoms with Gasteiger partial charge in [-0.25, -0.2) is 9.98 Å². The summed E-state index contributed by atoms with van der Waals surface area (Å²) in [5.41, 5.74) is 7.99. The molecule has 4 nitrogen and oxygen atoms in total. The summed E-state index contributed by atoms with van der Waals surface area (Å²) in [5.74, 6) is 0.421. The first-order valence-electron chi connectivity index (χ1n) is 5.68. The van der Waals surface area contributed by atoms with Gasteiger partial charge in [0.1, 0.15) is 0 Å². The number of nitrogens with two attached hydrogens (primary N) is 1. The summed E-state index contributed by atoms with van der Waals surface area (Å²) in [5, 5.41) is 4.10. The van der Waals surface area contributed by atoms with Crippen molar-refractivity contribution in [3.05, 3.63) is 45.9 Å². The molecule has 3 N–H and O–H groups in total. The number of aromatic nitrogens is 1. The molecule has 0 aliphatic carbocycles. The maximum atomic E-state index is 5.82. The minimum absolute atomic E-state index is 0.421. The van der Waals surface area contributed by atoms with Gasteiger partial charge in [0.05, 0.1) is 11.6 Å². The van der Waals surface area contributed by atoms with Crippen molar-refractivity contribution in [2.24, 2.45) is 10.7 Å². The predicted molar refractivity (Wildman–Crippen MR) is 77.0 cm³/mol. The molecular formula is C13H16N4S. The third-order valence-corrected chi connectivity index (χ3v) is 3.30. The Morgan fingerprint density at radius 3 is 2.67 bits per heavy atom. The van der Waals surface area contributed by atoms with Crippen molar-refractivity contribution in [3.63, 3.8) is 0 Å². The zero-order valence-corrected chi connectivity index (χ0v) is 11.3. The number of nitrogens with one attached hydrogen (secondary N) is 1. The highest BCUT2D eigenvalue weighted by molar-refractivity contribution is 7.11. The monoisotopic (exact) mass is 260 g/mol. The Hall–Kier alpha value is -1.88. The van der Waals surface area contributed by atoms with Crippen molar-refractivity contribution in [1.29, 1.82) is 0 Å². The van der Waals surface area contributed by atoms with E-state index in [1.807, 2.05) is 44.3 Å². The van der Waals surface area contributed by atoms with E-state index in [4.69, 9.17) is 5.73 Å². The van der Waals surface area contributed by atoms with E-state index >= 15 is 0 Å². The van der Waals surface area contributed by atoms with Gasteiger partial charge in [0.15, 0.2) is 5.96 Å². The minimum Gasteiger partial charge on any atom is -0.370 e. The van der Waals surface area contributed by atoms with Crippen LogP contribution in [0.4, 0.5) is 5.69 Å². The molecule has 0 saturated heterocycles. The largest absolute Gasteiger partial charge is 0.370 e. The van der Waals surface area contributed by atoms with Crippen LogP contribution < -0.4 is 11.1 Å². The lowest BCUT2D eigenvalue weighted by Crippen LogP contribution is -2.22. The van der Waals surface area contributed by atoms with Gasteiger partial charge in [-0.05, 0) is 26.0 Å². The van der Waals surface area contributed by atoms with Crippen LogP contribution in [-0.2, 0) is 6.54 Å². The third-order valence-electron chi connectivity index (χ3n) is 2.40. The molecule has 0 bridgehead atoms. The van der Waals surface area contributed by atoms with Gasteiger partial charge in [-0.15, -0.1) is 11.3 Å². The van der Waals surface area contributed by atoms with Crippen LogP contribution in [0.2, 0.25) is 0 Å². The second-order valence-electron chi connectivity index (χ2n) is 4.04.